The van der Waals surface area contributed by atoms with Gasteiger partial charge in [-0.15, -0.1) is 0 Å². The van der Waals surface area contributed by atoms with Crippen molar-refractivity contribution in [3.63, 3.8) is 0 Å². The molecule has 0 aliphatic carbocycles. The van der Waals surface area contributed by atoms with Crippen LogP contribution in [0.4, 0.5) is 0 Å². The molecule has 0 saturated heterocycles. The maximum atomic E-state index is 12.0. The van der Waals surface area contributed by atoms with Crippen LogP contribution in [-0.2, 0) is 28.8 Å². The van der Waals surface area contributed by atoms with Crippen LogP contribution in [0.1, 0.15) is 0 Å². The van der Waals surface area contributed by atoms with Gasteiger partial charge in [0.15, 0.2) is 5.76 Å². The van der Waals surface area contributed by atoms with Crippen molar-refractivity contribution in [3.8, 4) is 17.1 Å². The molecule has 21 heavy (non-hydrogen) atoms. The van der Waals surface area contributed by atoms with Gasteiger partial charge in [0, 0.05) is 5.56 Å². The fraction of sp³-hybridized carbons (Fsp3) is 0. The minimum atomic E-state index is -0.407. The number of aromatic hydroxyl groups is 1. The molecule has 1 heterocycles. The monoisotopic (exact) mass is 474 g/mol. The molecular formula is C15H12HgO5. The first-order valence-corrected chi connectivity index (χ1v) is 8.11. The van der Waals surface area contributed by atoms with E-state index in [4.69, 9.17) is 7.06 Å². The first-order valence-electron chi connectivity index (χ1n) is 5.86. The second kappa shape index (κ2) is 7.80. The van der Waals surface area contributed by atoms with Gasteiger partial charge in [-0.1, -0.05) is 42.5 Å². The van der Waals surface area contributed by atoms with Gasteiger partial charge in [-0.3, -0.25) is 4.79 Å². The zero-order valence-electron chi connectivity index (χ0n) is 11.1. The van der Waals surface area contributed by atoms with E-state index in [0.717, 1.165) is 0 Å². The van der Waals surface area contributed by atoms with Crippen LogP contribution in [0.5, 0.6) is 5.75 Å². The van der Waals surface area contributed by atoms with Crippen molar-refractivity contribution in [2.75, 3.05) is 0 Å². The topological polar surface area (TPSA) is 99.0 Å². The summed E-state index contributed by atoms with van der Waals surface area (Å²) in [7, 11) is 0. The van der Waals surface area contributed by atoms with E-state index in [1.54, 1.807) is 36.4 Å². The number of para-hydroxylation sites is 1. The third-order valence-electron chi connectivity index (χ3n) is 2.81. The van der Waals surface area contributed by atoms with E-state index in [1.807, 2.05) is 18.2 Å². The zero-order valence-corrected chi connectivity index (χ0v) is 16.6. The summed E-state index contributed by atoms with van der Waals surface area (Å²) >= 11 is -0.222. The number of rotatable bonds is 1. The zero-order chi connectivity index (χ0) is 14.5. The van der Waals surface area contributed by atoms with Crippen molar-refractivity contribution in [1.29, 1.82) is 0 Å². The molecule has 0 saturated carbocycles. The van der Waals surface area contributed by atoms with Gasteiger partial charge in [0.05, 0.1) is 5.39 Å². The van der Waals surface area contributed by atoms with Gasteiger partial charge in [-0.05, 0) is 12.1 Å². The second-order valence-electron chi connectivity index (χ2n) is 3.97. The van der Waals surface area contributed by atoms with Gasteiger partial charge in [-0.2, -0.15) is 0 Å². The van der Waals surface area contributed by atoms with Crippen molar-refractivity contribution in [3.05, 3.63) is 64.8 Å². The van der Waals surface area contributed by atoms with E-state index in [9.17, 15) is 9.90 Å². The molecule has 1 aromatic heterocycles. The SMILES string of the molecule is O.O=c1c(O)c(-c2ccccc2)oc2ccccc12.[O]=[Hg]. The van der Waals surface area contributed by atoms with Gasteiger partial charge in [0.2, 0.25) is 11.2 Å². The molecular weight excluding hydrogens is 461 g/mol. The maximum absolute atomic E-state index is 12.0. The molecule has 3 N–H and O–H groups in total. The molecule has 104 valence electrons. The van der Waals surface area contributed by atoms with E-state index >= 15 is 0 Å². The molecule has 0 radical (unpaired) electrons. The van der Waals surface area contributed by atoms with Crippen LogP contribution in [0.15, 0.2) is 63.8 Å². The Labute approximate surface area is 136 Å². The molecule has 5 nitrogen and oxygen atoms in total. The Morgan fingerprint density at radius 1 is 0.905 bits per heavy atom. The van der Waals surface area contributed by atoms with E-state index < -0.39 is 5.43 Å². The quantitative estimate of drug-likeness (QED) is 0.549. The summed E-state index contributed by atoms with van der Waals surface area (Å²) in [5, 5.41) is 10.3. The van der Waals surface area contributed by atoms with Gasteiger partial charge in [-0.25, -0.2) is 0 Å². The van der Waals surface area contributed by atoms with Crippen molar-refractivity contribution in [1.82, 2.24) is 0 Å². The molecule has 0 amide bonds. The first kappa shape index (κ1) is 17.2. The number of fused-ring (bicyclic) bond motifs is 1. The van der Waals surface area contributed by atoms with Crippen LogP contribution in [-0.4, -0.2) is 10.6 Å². The fourth-order valence-corrected chi connectivity index (χ4v) is 1.92. The third-order valence-corrected chi connectivity index (χ3v) is 2.81. The molecule has 0 aliphatic rings. The summed E-state index contributed by atoms with van der Waals surface area (Å²) < 4.78 is 14.1. The second-order valence-corrected chi connectivity index (χ2v) is 3.97. The number of hydrogen-bond donors (Lipinski definition) is 1. The standard InChI is InChI=1S/C15H10O3.Hg.H2O.O/c16-13-11-8-4-5-9-12(11)18-15(14(13)17)10-6-2-1-3-7-10;;;/h1-9,17H;;1H2;. The Morgan fingerprint density at radius 3 is 2.14 bits per heavy atom. The molecule has 2 aromatic carbocycles. The average molecular weight is 473 g/mol. The summed E-state index contributed by atoms with van der Waals surface area (Å²) in [6.07, 6.45) is 0. The summed E-state index contributed by atoms with van der Waals surface area (Å²) in [6, 6.07) is 15.9. The van der Waals surface area contributed by atoms with Gasteiger partial charge in [0.25, 0.3) is 0 Å². The Bertz CT molecular complexity index is 783. The molecule has 0 atom stereocenters. The van der Waals surface area contributed by atoms with Crippen LogP contribution in [0, 0.1) is 0 Å². The summed E-state index contributed by atoms with van der Waals surface area (Å²) in [5.74, 6) is -0.140. The van der Waals surface area contributed by atoms with Crippen molar-refractivity contribution in [2.24, 2.45) is 0 Å². The molecule has 0 bridgehead atoms. The van der Waals surface area contributed by atoms with Crippen molar-refractivity contribution >= 4 is 11.0 Å². The van der Waals surface area contributed by atoms with Crippen LogP contribution in [0.2, 0.25) is 0 Å². The Kier molecular flexibility index (Phi) is 6.39. The Hall–Kier alpha value is -1.85. The summed E-state index contributed by atoms with van der Waals surface area (Å²) in [5.41, 5.74) is 0.743. The Balaban J connectivity index is 0.000000706. The normalized spacial score (nSPS) is 9.43. The molecule has 0 unspecified atom stereocenters. The molecule has 0 aliphatic heterocycles. The summed E-state index contributed by atoms with van der Waals surface area (Å²) in [4.78, 5) is 12.0. The van der Waals surface area contributed by atoms with Crippen LogP contribution in [0.3, 0.4) is 0 Å². The number of benzene rings is 2. The van der Waals surface area contributed by atoms with E-state index in [0.29, 0.717) is 16.5 Å². The van der Waals surface area contributed by atoms with E-state index in [-0.39, 0.29) is 43.1 Å². The predicted octanol–water partition coefficient (Wildman–Crippen LogP) is 2.22. The number of hydrogen-bond acceptors (Lipinski definition) is 4. The predicted molar refractivity (Wildman–Crippen MR) is 73.9 cm³/mol. The first-order chi connectivity index (χ1) is 9.77. The van der Waals surface area contributed by atoms with Crippen LogP contribution in [0.25, 0.3) is 22.3 Å². The van der Waals surface area contributed by atoms with E-state index in [2.05, 4.69) is 0 Å². The van der Waals surface area contributed by atoms with E-state index in [1.165, 1.54) is 0 Å². The molecule has 3 rings (SSSR count). The van der Waals surface area contributed by atoms with Gasteiger partial charge < -0.3 is 15.0 Å². The molecule has 3 aromatic rings. The minimum absolute atomic E-state index is 0. The fourth-order valence-electron chi connectivity index (χ4n) is 1.92. The van der Waals surface area contributed by atoms with Crippen LogP contribution >= 0.6 is 0 Å². The van der Waals surface area contributed by atoms with Gasteiger partial charge >= 0.3 is 28.8 Å². The Morgan fingerprint density at radius 2 is 1.48 bits per heavy atom. The van der Waals surface area contributed by atoms with Crippen LogP contribution < -0.4 is 5.43 Å². The van der Waals surface area contributed by atoms with Crippen molar-refractivity contribution < 1.29 is 43.8 Å². The summed E-state index contributed by atoms with van der Waals surface area (Å²) in [6.45, 7) is 0. The molecule has 6 heteroatoms. The van der Waals surface area contributed by atoms with Crippen molar-refractivity contribution in [2.45, 2.75) is 0 Å². The molecule has 0 fully saturated rings. The average Bonchev–Trinajstić information content (AvgIpc) is 2.54. The molecule has 0 spiro atoms. The third kappa shape index (κ3) is 3.43. The van der Waals surface area contributed by atoms with Gasteiger partial charge in [0.1, 0.15) is 5.58 Å².